The molecule has 1 aromatic carbocycles. The highest BCUT2D eigenvalue weighted by Gasteiger charge is 2.20. The fraction of sp³-hybridized carbons (Fsp3) is 0.429. The van der Waals surface area contributed by atoms with Crippen molar-refractivity contribution in [1.82, 2.24) is 5.32 Å². The lowest BCUT2D eigenvalue weighted by Crippen LogP contribution is -2.41. The molecule has 4 N–H and O–H groups in total. The number of aliphatic hydroxyl groups excluding tert-OH is 1. The minimum absolute atomic E-state index is 0.135. The molecule has 0 fully saturated rings. The first-order chi connectivity index (χ1) is 9.58. The van der Waals surface area contributed by atoms with Gasteiger partial charge in [0.2, 0.25) is 5.91 Å². The number of para-hydroxylation sites is 1. The zero-order valence-corrected chi connectivity index (χ0v) is 11.4. The van der Waals surface area contributed by atoms with E-state index in [2.05, 4.69) is 10.6 Å². The van der Waals surface area contributed by atoms with Crippen LogP contribution in [0.1, 0.15) is 18.9 Å². The van der Waals surface area contributed by atoms with Gasteiger partial charge in [0, 0.05) is 12.2 Å². The summed E-state index contributed by atoms with van der Waals surface area (Å²) in [7, 11) is 0. The summed E-state index contributed by atoms with van der Waals surface area (Å²) in [5.41, 5.74) is 1.70. The van der Waals surface area contributed by atoms with Crippen molar-refractivity contribution in [2.24, 2.45) is 0 Å². The maximum atomic E-state index is 11.9. The Labute approximate surface area is 117 Å². The van der Waals surface area contributed by atoms with Gasteiger partial charge in [-0.3, -0.25) is 9.59 Å². The number of rotatable bonds is 8. The van der Waals surface area contributed by atoms with Crippen molar-refractivity contribution >= 4 is 17.6 Å². The average molecular weight is 280 g/mol. The molecule has 0 aliphatic heterocycles. The summed E-state index contributed by atoms with van der Waals surface area (Å²) in [6, 6.07) is 6.39. The predicted molar refractivity (Wildman–Crippen MR) is 75.6 cm³/mol. The van der Waals surface area contributed by atoms with E-state index in [1.54, 1.807) is 6.07 Å². The van der Waals surface area contributed by atoms with E-state index >= 15 is 0 Å². The normalized spacial score (nSPS) is 11.9. The summed E-state index contributed by atoms with van der Waals surface area (Å²) in [5, 5.41) is 23.0. The molecule has 0 bridgehead atoms. The molecule has 1 aromatic rings. The van der Waals surface area contributed by atoms with Crippen molar-refractivity contribution in [1.29, 1.82) is 0 Å². The van der Waals surface area contributed by atoms with E-state index in [9.17, 15) is 9.59 Å². The van der Waals surface area contributed by atoms with E-state index < -0.39 is 12.0 Å². The van der Waals surface area contributed by atoms with Crippen molar-refractivity contribution in [2.75, 3.05) is 18.5 Å². The molecule has 1 rings (SSSR count). The second-order valence-corrected chi connectivity index (χ2v) is 4.33. The molecule has 0 heterocycles. The van der Waals surface area contributed by atoms with Gasteiger partial charge in [-0.25, -0.2) is 0 Å². The zero-order chi connectivity index (χ0) is 15.0. The van der Waals surface area contributed by atoms with E-state index in [1.807, 2.05) is 25.1 Å². The fourth-order valence-corrected chi connectivity index (χ4v) is 1.82. The van der Waals surface area contributed by atoms with E-state index in [-0.39, 0.29) is 25.5 Å². The van der Waals surface area contributed by atoms with Crippen LogP contribution in [0.25, 0.3) is 0 Å². The maximum absolute atomic E-state index is 11.9. The summed E-state index contributed by atoms with van der Waals surface area (Å²) in [5.74, 6) is -1.49. The third-order valence-corrected chi connectivity index (χ3v) is 2.86. The number of amides is 1. The predicted octanol–water partition coefficient (Wildman–Crippen LogP) is 0.613. The molecule has 20 heavy (non-hydrogen) atoms. The molecule has 0 aliphatic carbocycles. The molecule has 0 spiro atoms. The van der Waals surface area contributed by atoms with Crippen LogP contribution in [0, 0.1) is 0 Å². The Bertz CT molecular complexity index is 462. The second kappa shape index (κ2) is 8.29. The first kappa shape index (κ1) is 16.1. The number of benzene rings is 1. The Hall–Kier alpha value is -1.92. The fourth-order valence-electron chi connectivity index (χ4n) is 1.82. The number of anilines is 1. The van der Waals surface area contributed by atoms with Crippen molar-refractivity contribution in [3.05, 3.63) is 29.8 Å². The number of hydrogen-bond acceptors (Lipinski definition) is 4. The number of carboxylic acids is 1. The van der Waals surface area contributed by atoms with Gasteiger partial charge in [-0.15, -0.1) is 0 Å². The van der Waals surface area contributed by atoms with Gasteiger partial charge in [0.25, 0.3) is 0 Å². The lowest BCUT2D eigenvalue weighted by atomic mass is 10.1. The molecule has 0 saturated carbocycles. The van der Waals surface area contributed by atoms with Crippen LogP contribution in [-0.4, -0.2) is 41.3 Å². The molecule has 6 nitrogen and oxygen atoms in total. The van der Waals surface area contributed by atoms with Gasteiger partial charge >= 0.3 is 5.97 Å². The van der Waals surface area contributed by atoms with Gasteiger partial charge in [-0.2, -0.15) is 0 Å². The minimum Gasteiger partial charge on any atom is -0.480 e. The molecule has 1 atom stereocenters. The van der Waals surface area contributed by atoms with E-state index in [0.29, 0.717) is 5.69 Å². The lowest BCUT2D eigenvalue weighted by Gasteiger charge is -2.14. The highest BCUT2D eigenvalue weighted by atomic mass is 16.4. The summed E-state index contributed by atoms with van der Waals surface area (Å²) in [4.78, 5) is 22.9. The van der Waals surface area contributed by atoms with Gasteiger partial charge in [-0.1, -0.05) is 25.1 Å². The van der Waals surface area contributed by atoms with Crippen molar-refractivity contribution in [3.8, 4) is 0 Å². The number of carbonyl (C=O) groups is 2. The lowest BCUT2D eigenvalue weighted by molar-refractivity contribution is -0.141. The van der Waals surface area contributed by atoms with Crippen molar-refractivity contribution < 1.29 is 19.8 Å². The van der Waals surface area contributed by atoms with E-state index in [1.165, 1.54) is 0 Å². The number of aliphatic hydroxyl groups is 1. The average Bonchev–Trinajstić information content (AvgIpc) is 2.43. The first-order valence-electron chi connectivity index (χ1n) is 6.53. The molecular formula is C14H20N2O4. The Morgan fingerprint density at radius 2 is 2.00 bits per heavy atom. The minimum atomic E-state index is -1.11. The summed E-state index contributed by atoms with van der Waals surface area (Å²) >= 11 is 0. The molecule has 0 aromatic heterocycles. The number of carboxylic acid groups (broad SMARTS) is 1. The topological polar surface area (TPSA) is 98.7 Å². The quantitative estimate of drug-likeness (QED) is 0.559. The van der Waals surface area contributed by atoms with Gasteiger partial charge in [0.05, 0.1) is 13.0 Å². The molecule has 0 saturated heterocycles. The van der Waals surface area contributed by atoms with E-state index in [0.717, 1.165) is 12.0 Å². The van der Waals surface area contributed by atoms with Crippen LogP contribution in [0.5, 0.6) is 0 Å². The molecule has 1 unspecified atom stereocenters. The number of carbonyl (C=O) groups excluding carboxylic acids is 1. The van der Waals surface area contributed by atoms with E-state index in [4.69, 9.17) is 10.2 Å². The smallest absolute Gasteiger partial charge is 0.321 e. The highest BCUT2D eigenvalue weighted by Crippen LogP contribution is 2.15. The standard InChI is InChI=1S/C14H20N2O4/c1-2-10-5-3-4-6-11(10)16-13(18)9-12(14(19)20)15-7-8-17/h3-6,12,15,17H,2,7-9H2,1H3,(H,16,18)(H,19,20). The molecule has 1 amide bonds. The van der Waals surface area contributed by atoms with Crippen LogP contribution in [0.4, 0.5) is 5.69 Å². The van der Waals surface area contributed by atoms with Crippen LogP contribution in [-0.2, 0) is 16.0 Å². The van der Waals surface area contributed by atoms with Crippen molar-refractivity contribution in [2.45, 2.75) is 25.8 Å². The zero-order valence-electron chi connectivity index (χ0n) is 11.4. The van der Waals surface area contributed by atoms with Crippen LogP contribution >= 0.6 is 0 Å². The largest absolute Gasteiger partial charge is 0.480 e. The summed E-state index contributed by atoms with van der Waals surface area (Å²) in [6.07, 6.45) is 0.592. The van der Waals surface area contributed by atoms with Gasteiger partial charge < -0.3 is 20.8 Å². The molecular weight excluding hydrogens is 260 g/mol. The Balaban J connectivity index is 2.63. The van der Waals surface area contributed by atoms with Gasteiger partial charge in [0.15, 0.2) is 0 Å². The van der Waals surface area contributed by atoms with Crippen LogP contribution in [0.15, 0.2) is 24.3 Å². The number of aryl methyl sites for hydroxylation is 1. The van der Waals surface area contributed by atoms with Gasteiger partial charge in [-0.05, 0) is 18.1 Å². The highest BCUT2D eigenvalue weighted by molar-refractivity contribution is 5.94. The Morgan fingerprint density at radius 3 is 2.60 bits per heavy atom. The van der Waals surface area contributed by atoms with Crippen molar-refractivity contribution in [3.63, 3.8) is 0 Å². The summed E-state index contributed by atoms with van der Waals surface area (Å²) in [6.45, 7) is 1.94. The molecule has 0 radical (unpaired) electrons. The molecule has 0 aliphatic rings. The monoisotopic (exact) mass is 280 g/mol. The summed E-state index contributed by atoms with van der Waals surface area (Å²) < 4.78 is 0. The molecule has 6 heteroatoms. The maximum Gasteiger partial charge on any atom is 0.321 e. The van der Waals surface area contributed by atoms with Crippen LogP contribution in [0.3, 0.4) is 0 Å². The third kappa shape index (κ3) is 4.99. The Kier molecular flexibility index (Phi) is 6.69. The van der Waals surface area contributed by atoms with Crippen LogP contribution < -0.4 is 10.6 Å². The number of aliphatic carboxylic acids is 1. The van der Waals surface area contributed by atoms with Gasteiger partial charge in [0.1, 0.15) is 6.04 Å². The number of nitrogens with one attached hydrogen (secondary N) is 2. The number of hydrogen-bond donors (Lipinski definition) is 4. The second-order valence-electron chi connectivity index (χ2n) is 4.33. The van der Waals surface area contributed by atoms with Crippen LogP contribution in [0.2, 0.25) is 0 Å². The SMILES string of the molecule is CCc1ccccc1NC(=O)CC(NCCO)C(=O)O. The third-order valence-electron chi connectivity index (χ3n) is 2.86. The molecule has 110 valence electrons. The Morgan fingerprint density at radius 1 is 1.30 bits per heavy atom. The first-order valence-corrected chi connectivity index (χ1v) is 6.53.